The summed E-state index contributed by atoms with van der Waals surface area (Å²) < 4.78 is 16.1. The molecule has 0 aliphatic carbocycles. The standard InChI is InChI=1S/C23H26FN5O/c1-4-29-17(3)19(16(2)28-29)14-15-25-23(26-21-13-9-8-12-20(21)24)27-22(30)18-10-6-5-7-11-18/h5-13H,4,14-15H2,1-3H3,(H2,25,26,27,30). The largest absolute Gasteiger partial charge is 0.323 e. The number of amides is 1. The summed E-state index contributed by atoms with van der Waals surface area (Å²) in [7, 11) is 0. The van der Waals surface area contributed by atoms with Gasteiger partial charge >= 0.3 is 0 Å². The molecule has 1 aromatic heterocycles. The van der Waals surface area contributed by atoms with E-state index in [2.05, 4.69) is 27.6 Å². The van der Waals surface area contributed by atoms with Gasteiger partial charge in [-0.25, -0.2) is 4.39 Å². The van der Waals surface area contributed by atoms with Gasteiger partial charge in [-0.15, -0.1) is 0 Å². The van der Waals surface area contributed by atoms with Crippen LogP contribution in [-0.2, 0) is 13.0 Å². The number of para-hydroxylation sites is 1. The lowest BCUT2D eigenvalue weighted by Gasteiger charge is -2.12. The van der Waals surface area contributed by atoms with Crippen molar-refractivity contribution < 1.29 is 9.18 Å². The molecule has 0 aliphatic heterocycles. The number of hydrogen-bond acceptors (Lipinski definition) is 3. The number of guanidine groups is 1. The number of nitrogens with one attached hydrogen (secondary N) is 2. The molecule has 3 aromatic rings. The lowest BCUT2D eigenvalue weighted by molar-refractivity contribution is 0.0977. The minimum atomic E-state index is -0.421. The quantitative estimate of drug-likeness (QED) is 0.477. The maximum absolute atomic E-state index is 14.1. The molecule has 2 aromatic carbocycles. The first-order chi connectivity index (χ1) is 14.5. The summed E-state index contributed by atoms with van der Waals surface area (Å²) in [5.41, 5.74) is 3.97. The van der Waals surface area contributed by atoms with E-state index < -0.39 is 5.82 Å². The van der Waals surface area contributed by atoms with Gasteiger partial charge in [0.15, 0.2) is 0 Å². The van der Waals surface area contributed by atoms with Crippen LogP contribution in [0.4, 0.5) is 10.1 Å². The molecule has 7 heteroatoms. The van der Waals surface area contributed by atoms with E-state index in [0.29, 0.717) is 18.5 Å². The smallest absolute Gasteiger partial charge is 0.257 e. The van der Waals surface area contributed by atoms with Crippen molar-refractivity contribution in [1.29, 1.82) is 0 Å². The molecule has 156 valence electrons. The second kappa shape index (κ2) is 9.82. The van der Waals surface area contributed by atoms with Gasteiger partial charge in [0, 0.05) is 24.3 Å². The molecule has 0 fully saturated rings. The molecule has 1 amide bonds. The number of halogens is 1. The third kappa shape index (κ3) is 5.11. The third-order valence-electron chi connectivity index (χ3n) is 4.86. The van der Waals surface area contributed by atoms with Crippen LogP contribution in [0.15, 0.2) is 59.6 Å². The van der Waals surface area contributed by atoms with Gasteiger partial charge in [-0.05, 0) is 57.0 Å². The van der Waals surface area contributed by atoms with Gasteiger partial charge < -0.3 is 5.32 Å². The van der Waals surface area contributed by atoms with Crippen LogP contribution in [-0.4, -0.2) is 28.2 Å². The number of aryl methyl sites for hydroxylation is 2. The van der Waals surface area contributed by atoms with Gasteiger partial charge in [0.05, 0.1) is 11.4 Å². The first-order valence-corrected chi connectivity index (χ1v) is 9.95. The summed E-state index contributed by atoms with van der Waals surface area (Å²) in [6, 6.07) is 15.1. The van der Waals surface area contributed by atoms with E-state index in [1.54, 1.807) is 42.5 Å². The number of anilines is 1. The maximum atomic E-state index is 14.1. The van der Waals surface area contributed by atoms with Gasteiger partial charge in [0.1, 0.15) is 5.82 Å². The molecule has 1 heterocycles. The maximum Gasteiger partial charge on any atom is 0.257 e. The number of carbonyl (C=O) groups is 1. The summed E-state index contributed by atoms with van der Waals surface area (Å²) in [6.07, 6.45) is 0.668. The Morgan fingerprint density at radius 2 is 1.80 bits per heavy atom. The Labute approximate surface area is 175 Å². The Hall–Kier alpha value is -3.48. The van der Waals surface area contributed by atoms with E-state index in [1.807, 2.05) is 24.6 Å². The molecule has 0 saturated heterocycles. The molecular formula is C23H26FN5O. The summed E-state index contributed by atoms with van der Waals surface area (Å²) in [5, 5.41) is 10.2. The first-order valence-electron chi connectivity index (χ1n) is 9.95. The molecular weight excluding hydrogens is 381 g/mol. The zero-order valence-corrected chi connectivity index (χ0v) is 17.4. The minimum Gasteiger partial charge on any atom is -0.323 e. The molecule has 0 aliphatic rings. The number of benzene rings is 2. The topological polar surface area (TPSA) is 71.3 Å². The fourth-order valence-electron chi connectivity index (χ4n) is 3.25. The van der Waals surface area contributed by atoms with Crippen LogP contribution in [0.25, 0.3) is 0 Å². The van der Waals surface area contributed by atoms with Crippen molar-refractivity contribution in [3.63, 3.8) is 0 Å². The molecule has 30 heavy (non-hydrogen) atoms. The average Bonchev–Trinajstić information content (AvgIpc) is 3.03. The highest BCUT2D eigenvalue weighted by molar-refractivity contribution is 6.09. The lowest BCUT2D eigenvalue weighted by atomic mass is 10.1. The van der Waals surface area contributed by atoms with E-state index in [9.17, 15) is 9.18 Å². The number of nitrogens with zero attached hydrogens (tertiary/aromatic N) is 3. The lowest BCUT2D eigenvalue weighted by Crippen LogP contribution is -2.36. The predicted molar refractivity (Wildman–Crippen MR) is 117 cm³/mol. The number of hydrogen-bond donors (Lipinski definition) is 2. The van der Waals surface area contributed by atoms with Crippen LogP contribution >= 0.6 is 0 Å². The zero-order valence-electron chi connectivity index (χ0n) is 17.4. The molecule has 0 bridgehead atoms. The van der Waals surface area contributed by atoms with Gasteiger partial charge in [-0.3, -0.25) is 19.8 Å². The molecule has 0 unspecified atom stereocenters. The molecule has 3 rings (SSSR count). The van der Waals surface area contributed by atoms with E-state index in [1.165, 1.54) is 6.07 Å². The van der Waals surface area contributed by atoms with Crippen LogP contribution < -0.4 is 10.6 Å². The van der Waals surface area contributed by atoms with Gasteiger partial charge in [0.2, 0.25) is 5.96 Å². The first kappa shape index (κ1) is 21.2. The molecule has 0 atom stereocenters. The van der Waals surface area contributed by atoms with E-state index in [-0.39, 0.29) is 17.6 Å². The van der Waals surface area contributed by atoms with Crippen molar-refractivity contribution in [1.82, 2.24) is 15.1 Å². The molecule has 0 spiro atoms. The number of carbonyl (C=O) groups excluding carboxylic acids is 1. The van der Waals surface area contributed by atoms with Gasteiger partial charge in [-0.1, -0.05) is 30.3 Å². The fraction of sp³-hybridized carbons (Fsp3) is 0.261. The van der Waals surface area contributed by atoms with E-state index in [0.717, 1.165) is 23.5 Å². The van der Waals surface area contributed by atoms with Gasteiger partial charge in [0.25, 0.3) is 5.91 Å². The van der Waals surface area contributed by atoms with E-state index in [4.69, 9.17) is 0 Å². The molecule has 2 N–H and O–H groups in total. The Kier molecular flexibility index (Phi) is 6.95. The third-order valence-corrected chi connectivity index (χ3v) is 4.86. The normalized spacial score (nSPS) is 11.4. The Balaban J connectivity index is 1.78. The number of aliphatic imine (C=N–C) groups is 1. The van der Waals surface area contributed by atoms with Gasteiger partial charge in [-0.2, -0.15) is 5.10 Å². The summed E-state index contributed by atoms with van der Waals surface area (Å²) in [5.74, 6) is -0.536. The minimum absolute atomic E-state index is 0.201. The zero-order chi connectivity index (χ0) is 21.5. The van der Waals surface area contributed by atoms with Crippen LogP contribution in [0.2, 0.25) is 0 Å². The summed E-state index contributed by atoms with van der Waals surface area (Å²) >= 11 is 0. The van der Waals surface area contributed by atoms with Crippen LogP contribution in [0.1, 0.15) is 34.2 Å². The van der Waals surface area contributed by atoms with Crippen LogP contribution in [0.3, 0.4) is 0 Å². The average molecular weight is 407 g/mol. The van der Waals surface area contributed by atoms with Crippen molar-refractivity contribution in [2.24, 2.45) is 4.99 Å². The summed E-state index contributed by atoms with van der Waals surface area (Å²) in [6.45, 7) is 7.30. The van der Waals surface area contributed by atoms with Crippen molar-refractivity contribution >= 4 is 17.6 Å². The van der Waals surface area contributed by atoms with Crippen LogP contribution in [0, 0.1) is 19.7 Å². The highest BCUT2D eigenvalue weighted by atomic mass is 19.1. The molecule has 0 radical (unpaired) electrons. The summed E-state index contributed by atoms with van der Waals surface area (Å²) in [4.78, 5) is 17.1. The molecule has 0 saturated carbocycles. The Morgan fingerprint density at radius 1 is 1.10 bits per heavy atom. The van der Waals surface area contributed by atoms with Crippen molar-refractivity contribution in [2.45, 2.75) is 33.7 Å². The van der Waals surface area contributed by atoms with Crippen LogP contribution in [0.5, 0.6) is 0 Å². The number of aromatic nitrogens is 2. The Morgan fingerprint density at radius 3 is 2.47 bits per heavy atom. The fourth-order valence-corrected chi connectivity index (χ4v) is 3.25. The second-order valence-electron chi connectivity index (χ2n) is 6.87. The van der Waals surface area contributed by atoms with E-state index >= 15 is 0 Å². The Bertz CT molecular complexity index is 1040. The molecule has 6 nitrogen and oxygen atoms in total. The highest BCUT2D eigenvalue weighted by Gasteiger charge is 2.13. The second-order valence-corrected chi connectivity index (χ2v) is 6.87. The van der Waals surface area contributed by atoms with Crippen molar-refractivity contribution in [2.75, 3.05) is 11.9 Å². The van der Waals surface area contributed by atoms with Crippen molar-refractivity contribution in [3.8, 4) is 0 Å². The SMILES string of the molecule is CCn1nc(C)c(CCN=C(NC(=O)c2ccccc2)Nc2ccccc2F)c1C. The monoisotopic (exact) mass is 407 g/mol. The van der Waals surface area contributed by atoms with Crippen molar-refractivity contribution in [3.05, 3.63) is 82.9 Å². The number of rotatable bonds is 6. The highest BCUT2D eigenvalue weighted by Crippen LogP contribution is 2.15. The predicted octanol–water partition coefficient (Wildman–Crippen LogP) is 4.10.